The van der Waals surface area contributed by atoms with Crippen LogP contribution in [0.15, 0.2) is 24.3 Å². The second-order valence-corrected chi connectivity index (χ2v) is 6.15. The summed E-state index contributed by atoms with van der Waals surface area (Å²) in [6, 6.07) is 8.39. The van der Waals surface area contributed by atoms with E-state index >= 15 is 0 Å². The lowest BCUT2D eigenvalue weighted by atomic mass is 9.93. The Morgan fingerprint density at radius 2 is 2.26 bits per heavy atom. The quantitative estimate of drug-likeness (QED) is 0.887. The Morgan fingerprint density at radius 3 is 3.00 bits per heavy atom. The number of fused-ring (bicyclic) bond motifs is 1. The zero-order valence-electron chi connectivity index (χ0n) is 11.8. The van der Waals surface area contributed by atoms with E-state index in [1.807, 2.05) is 6.07 Å². The highest BCUT2D eigenvalue weighted by atomic mass is 16.5. The van der Waals surface area contributed by atoms with E-state index in [2.05, 4.69) is 30.0 Å². The van der Waals surface area contributed by atoms with Crippen molar-refractivity contribution in [3.05, 3.63) is 29.8 Å². The second-order valence-electron chi connectivity index (χ2n) is 6.15. The summed E-state index contributed by atoms with van der Waals surface area (Å²) in [5, 5.41) is 0. The number of hydrogen-bond acceptors (Lipinski definition) is 3. The summed E-state index contributed by atoms with van der Waals surface area (Å²) >= 11 is 0. The van der Waals surface area contributed by atoms with Gasteiger partial charge in [0.15, 0.2) is 0 Å². The molecule has 2 aliphatic rings. The highest BCUT2D eigenvalue weighted by Gasteiger charge is 2.41. The molecule has 2 N–H and O–H groups in total. The number of hydrogen-bond donors (Lipinski definition) is 1. The first-order valence-electron chi connectivity index (χ1n) is 7.39. The van der Waals surface area contributed by atoms with Crippen molar-refractivity contribution in [1.82, 2.24) is 4.90 Å². The monoisotopic (exact) mass is 260 g/mol. The van der Waals surface area contributed by atoms with Gasteiger partial charge in [0.2, 0.25) is 0 Å². The maximum absolute atomic E-state index is 6.15. The second kappa shape index (κ2) is 5.14. The van der Waals surface area contributed by atoms with Gasteiger partial charge < -0.3 is 10.5 Å². The topological polar surface area (TPSA) is 38.5 Å². The van der Waals surface area contributed by atoms with E-state index < -0.39 is 0 Å². The Balaban J connectivity index is 1.85. The summed E-state index contributed by atoms with van der Waals surface area (Å²) in [7, 11) is 0. The van der Waals surface area contributed by atoms with Crippen molar-refractivity contribution in [2.24, 2.45) is 11.7 Å². The van der Waals surface area contributed by atoms with E-state index in [4.69, 9.17) is 10.5 Å². The summed E-state index contributed by atoms with van der Waals surface area (Å²) in [6.07, 6.45) is 3.76. The number of ether oxygens (including phenoxy) is 1. The van der Waals surface area contributed by atoms with E-state index in [1.54, 1.807) is 0 Å². The zero-order chi connectivity index (χ0) is 13.3. The van der Waals surface area contributed by atoms with E-state index in [-0.39, 0.29) is 5.54 Å². The van der Waals surface area contributed by atoms with Crippen molar-refractivity contribution in [2.45, 2.75) is 38.3 Å². The summed E-state index contributed by atoms with van der Waals surface area (Å²) in [4.78, 5) is 2.57. The van der Waals surface area contributed by atoms with Gasteiger partial charge in [0.1, 0.15) is 12.4 Å². The molecule has 3 heteroatoms. The third-order valence-corrected chi connectivity index (χ3v) is 4.83. The summed E-state index contributed by atoms with van der Waals surface area (Å²) in [6.45, 7) is 5.84. The Hall–Kier alpha value is -1.06. The van der Waals surface area contributed by atoms with Gasteiger partial charge >= 0.3 is 0 Å². The standard InChI is InChI=1S/C16H24N2O/c1-13-6-7-16(10-13,12-17)18-8-9-19-15-5-3-2-4-14(15)11-18/h2-5,13H,6-12,17H2,1H3. The molecular formula is C16H24N2O. The van der Waals surface area contributed by atoms with Crippen LogP contribution in [0.1, 0.15) is 31.7 Å². The fourth-order valence-corrected chi connectivity index (χ4v) is 3.70. The molecule has 0 amide bonds. The number of benzene rings is 1. The normalized spacial score (nSPS) is 31.6. The Morgan fingerprint density at radius 1 is 1.42 bits per heavy atom. The first kappa shape index (κ1) is 12.9. The van der Waals surface area contributed by atoms with Crippen LogP contribution < -0.4 is 10.5 Å². The molecule has 19 heavy (non-hydrogen) atoms. The van der Waals surface area contributed by atoms with Gasteiger partial charge in [0.25, 0.3) is 0 Å². The lowest BCUT2D eigenvalue weighted by Gasteiger charge is -2.40. The van der Waals surface area contributed by atoms with Crippen LogP contribution in [0, 0.1) is 5.92 Å². The van der Waals surface area contributed by atoms with Gasteiger partial charge in [-0.05, 0) is 31.2 Å². The zero-order valence-corrected chi connectivity index (χ0v) is 11.8. The molecule has 0 bridgehead atoms. The molecule has 1 aliphatic carbocycles. The maximum Gasteiger partial charge on any atom is 0.123 e. The Kier molecular flexibility index (Phi) is 3.50. The van der Waals surface area contributed by atoms with Crippen molar-refractivity contribution in [2.75, 3.05) is 19.7 Å². The van der Waals surface area contributed by atoms with E-state index in [9.17, 15) is 0 Å². The van der Waals surface area contributed by atoms with Crippen molar-refractivity contribution in [3.63, 3.8) is 0 Å². The molecule has 3 nitrogen and oxygen atoms in total. The number of rotatable bonds is 2. The number of para-hydroxylation sites is 1. The van der Waals surface area contributed by atoms with Crippen LogP contribution in [0.5, 0.6) is 5.75 Å². The van der Waals surface area contributed by atoms with Crippen molar-refractivity contribution < 1.29 is 4.74 Å². The van der Waals surface area contributed by atoms with E-state index in [1.165, 1.54) is 24.8 Å². The highest BCUT2D eigenvalue weighted by Crippen LogP contribution is 2.40. The molecule has 1 aliphatic heterocycles. The third kappa shape index (κ3) is 2.37. The SMILES string of the molecule is CC1CCC(CN)(N2CCOc3ccccc3C2)C1. The minimum atomic E-state index is 0.195. The average Bonchev–Trinajstić information content (AvgIpc) is 2.69. The molecule has 1 saturated carbocycles. The van der Waals surface area contributed by atoms with Crippen LogP contribution >= 0.6 is 0 Å². The van der Waals surface area contributed by atoms with Gasteiger partial charge in [-0.3, -0.25) is 4.90 Å². The van der Waals surface area contributed by atoms with Gasteiger partial charge in [-0.15, -0.1) is 0 Å². The molecule has 0 aromatic heterocycles. The maximum atomic E-state index is 6.15. The Labute approximate surface area is 115 Å². The molecule has 0 saturated heterocycles. The molecule has 3 rings (SSSR count). The largest absolute Gasteiger partial charge is 0.492 e. The fraction of sp³-hybridized carbons (Fsp3) is 0.625. The summed E-state index contributed by atoms with van der Waals surface area (Å²) < 4.78 is 5.87. The Bertz CT molecular complexity index is 448. The van der Waals surface area contributed by atoms with Crippen molar-refractivity contribution in [3.8, 4) is 5.75 Å². The van der Waals surface area contributed by atoms with Gasteiger partial charge in [0.05, 0.1) is 0 Å². The van der Waals surface area contributed by atoms with Crippen molar-refractivity contribution >= 4 is 0 Å². The van der Waals surface area contributed by atoms with E-state index in [0.717, 1.165) is 37.9 Å². The predicted molar refractivity (Wildman–Crippen MR) is 77.1 cm³/mol. The van der Waals surface area contributed by atoms with Crippen molar-refractivity contribution in [1.29, 1.82) is 0 Å². The van der Waals surface area contributed by atoms with Gasteiger partial charge in [-0.25, -0.2) is 0 Å². The molecule has 1 heterocycles. The summed E-state index contributed by atoms with van der Waals surface area (Å²) in [5.41, 5.74) is 7.64. The average molecular weight is 260 g/mol. The predicted octanol–water partition coefficient (Wildman–Crippen LogP) is 2.40. The molecule has 2 unspecified atom stereocenters. The minimum Gasteiger partial charge on any atom is -0.492 e. The molecule has 1 aromatic rings. The van der Waals surface area contributed by atoms with E-state index in [0.29, 0.717) is 0 Å². The first-order chi connectivity index (χ1) is 9.23. The molecule has 1 aromatic carbocycles. The van der Waals surface area contributed by atoms with Crippen LogP contribution in [-0.4, -0.2) is 30.1 Å². The fourth-order valence-electron chi connectivity index (χ4n) is 3.70. The van der Waals surface area contributed by atoms with Crippen LogP contribution in [0.4, 0.5) is 0 Å². The van der Waals surface area contributed by atoms with Gasteiger partial charge in [0, 0.05) is 30.7 Å². The van der Waals surface area contributed by atoms with Gasteiger partial charge in [-0.2, -0.15) is 0 Å². The smallest absolute Gasteiger partial charge is 0.123 e. The summed E-state index contributed by atoms with van der Waals surface area (Å²) in [5.74, 6) is 1.84. The number of nitrogens with two attached hydrogens (primary N) is 1. The molecule has 0 spiro atoms. The molecular weight excluding hydrogens is 236 g/mol. The van der Waals surface area contributed by atoms with Crippen LogP contribution in [0.3, 0.4) is 0 Å². The van der Waals surface area contributed by atoms with Crippen LogP contribution in [0.2, 0.25) is 0 Å². The lowest BCUT2D eigenvalue weighted by molar-refractivity contribution is 0.0804. The highest BCUT2D eigenvalue weighted by molar-refractivity contribution is 5.34. The number of nitrogens with zero attached hydrogens (tertiary/aromatic N) is 1. The molecule has 1 fully saturated rings. The lowest BCUT2D eigenvalue weighted by Crippen LogP contribution is -2.52. The van der Waals surface area contributed by atoms with Crippen LogP contribution in [0.25, 0.3) is 0 Å². The van der Waals surface area contributed by atoms with Gasteiger partial charge in [-0.1, -0.05) is 25.1 Å². The molecule has 2 atom stereocenters. The minimum absolute atomic E-state index is 0.195. The van der Waals surface area contributed by atoms with Crippen LogP contribution in [-0.2, 0) is 6.54 Å². The molecule has 0 radical (unpaired) electrons. The first-order valence-corrected chi connectivity index (χ1v) is 7.39. The third-order valence-electron chi connectivity index (χ3n) is 4.83. The molecule has 104 valence electrons.